The highest BCUT2D eigenvalue weighted by Gasteiger charge is 2.12. The first-order chi connectivity index (χ1) is 12.2. The van der Waals surface area contributed by atoms with Crippen molar-refractivity contribution in [3.63, 3.8) is 0 Å². The lowest BCUT2D eigenvalue weighted by molar-refractivity contribution is -0.113. The number of aromatic nitrogens is 2. The molecule has 0 aliphatic carbocycles. The van der Waals surface area contributed by atoms with Gasteiger partial charge in [-0.15, -0.1) is 0 Å². The second-order valence-corrected chi connectivity index (χ2v) is 6.32. The molecule has 1 aromatic heterocycles. The maximum atomic E-state index is 12.9. The summed E-state index contributed by atoms with van der Waals surface area (Å²) in [7, 11) is 0. The van der Waals surface area contributed by atoms with Crippen molar-refractivity contribution in [1.29, 1.82) is 0 Å². The Bertz CT molecular complexity index is 847. The molecule has 3 rings (SSSR count). The topological polar surface area (TPSA) is 46.9 Å². The molecule has 0 atom stereocenters. The molecule has 25 heavy (non-hydrogen) atoms. The van der Waals surface area contributed by atoms with Crippen LogP contribution in [0.5, 0.6) is 0 Å². The van der Waals surface area contributed by atoms with E-state index in [9.17, 15) is 9.18 Å². The van der Waals surface area contributed by atoms with Crippen molar-refractivity contribution in [3.8, 4) is 11.3 Å². The van der Waals surface area contributed by atoms with E-state index in [4.69, 9.17) is 0 Å². The third-order valence-electron chi connectivity index (χ3n) is 3.67. The van der Waals surface area contributed by atoms with Crippen LogP contribution in [0.3, 0.4) is 0 Å². The number of hydrogen-bond acceptors (Lipinski definition) is 3. The molecule has 1 heterocycles. The monoisotopic (exact) mass is 355 g/mol. The van der Waals surface area contributed by atoms with E-state index in [0.29, 0.717) is 5.69 Å². The molecule has 0 saturated heterocycles. The van der Waals surface area contributed by atoms with Gasteiger partial charge in [-0.3, -0.25) is 4.79 Å². The Labute approximate surface area is 150 Å². The minimum absolute atomic E-state index is 0.150. The molecule has 1 amide bonds. The van der Waals surface area contributed by atoms with Crippen LogP contribution in [0.4, 0.5) is 10.1 Å². The molecule has 0 unspecified atom stereocenters. The van der Waals surface area contributed by atoms with Crippen LogP contribution < -0.4 is 5.32 Å². The standard InChI is InChI=1S/C19H18FN3OS/c1-2-23-17(14-6-4-3-5-7-14)12-21-19(23)25-13-18(24)22-16-10-8-15(20)9-11-16/h3-12H,2,13H2,1H3,(H,22,24). The predicted molar refractivity (Wildman–Crippen MR) is 99.1 cm³/mol. The summed E-state index contributed by atoms with van der Waals surface area (Å²) in [6.45, 7) is 2.82. The summed E-state index contributed by atoms with van der Waals surface area (Å²) in [4.78, 5) is 16.5. The lowest BCUT2D eigenvalue weighted by atomic mass is 10.2. The van der Waals surface area contributed by atoms with Gasteiger partial charge in [0.15, 0.2) is 5.16 Å². The molecule has 6 heteroatoms. The zero-order valence-corrected chi connectivity index (χ0v) is 14.6. The average Bonchev–Trinajstić information content (AvgIpc) is 3.05. The summed E-state index contributed by atoms with van der Waals surface area (Å²) in [6, 6.07) is 15.8. The van der Waals surface area contributed by atoms with E-state index < -0.39 is 0 Å². The molecule has 4 nitrogen and oxygen atoms in total. The number of rotatable bonds is 6. The molecule has 0 spiro atoms. The van der Waals surface area contributed by atoms with Gasteiger partial charge in [0.25, 0.3) is 0 Å². The number of carbonyl (C=O) groups excluding carboxylic acids is 1. The van der Waals surface area contributed by atoms with E-state index in [1.807, 2.05) is 36.5 Å². The number of halogens is 1. The van der Waals surface area contributed by atoms with Crippen LogP contribution >= 0.6 is 11.8 Å². The Morgan fingerprint density at radius 3 is 2.56 bits per heavy atom. The van der Waals surface area contributed by atoms with Crippen LogP contribution in [0.1, 0.15) is 6.92 Å². The molecule has 0 fully saturated rings. The summed E-state index contributed by atoms with van der Waals surface area (Å²) in [6.07, 6.45) is 1.83. The number of carbonyl (C=O) groups is 1. The van der Waals surface area contributed by atoms with Gasteiger partial charge < -0.3 is 9.88 Å². The van der Waals surface area contributed by atoms with Crippen LogP contribution in [0.25, 0.3) is 11.3 Å². The van der Waals surface area contributed by atoms with E-state index in [0.717, 1.165) is 23.0 Å². The zero-order chi connectivity index (χ0) is 17.6. The van der Waals surface area contributed by atoms with Crippen molar-refractivity contribution < 1.29 is 9.18 Å². The van der Waals surface area contributed by atoms with Crippen molar-refractivity contribution in [3.05, 3.63) is 66.6 Å². The fourth-order valence-electron chi connectivity index (χ4n) is 2.48. The summed E-state index contributed by atoms with van der Waals surface area (Å²) < 4.78 is 15.0. The molecule has 0 aliphatic rings. The van der Waals surface area contributed by atoms with E-state index in [2.05, 4.69) is 21.8 Å². The maximum Gasteiger partial charge on any atom is 0.234 e. The van der Waals surface area contributed by atoms with Crippen LogP contribution in [-0.2, 0) is 11.3 Å². The largest absolute Gasteiger partial charge is 0.325 e. The fraction of sp³-hybridized carbons (Fsp3) is 0.158. The lowest BCUT2D eigenvalue weighted by Gasteiger charge is -2.09. The Kier molecular flexibility index (Phi) is 5.50. The first kappa shape index (κ1) is 17.2. The number of hydrogen-bond donors (Lipinski definition) is 1. The van der Waals surface area contributed by atoms with Crippen LogP contribution in [0.2, 0.25) is 0 Å². The molecule has 0 saturated carbocycles. The number of amides is 1. The summed E-state index contributed by atoms with van der Waals surface area (Å²) in [5.74, 6) is -0.239. The second kappa shape index (κ2) is 7.98. The van der Waals surface area contributed by atoms with Crippen LogP contribution in [-0.4, -0.2) is 21.2 Å². The quantitative estimate of drug-likeness (QED) is 0.665. The van der Waals surface area contributed by atoms with Crippen molar-refractivity contribution in [1.82, 2.24) is 9.55 Å². The van der Waals surface area contributed by atoms with Crippen molar-refractivity contribution >= 4 is 23.4 Å². The van der Waals surface area contributed by atoms with Crippen molar-refractivity contribution in [2.75, 3.05) is 11.1 Å². The minimum atomic E-state index is -0.328. The minimum Gasteiger partial charge on any atom is -0.325 e. The molecule has 0 bridgehead atoms. The second-order valence-electron chi connectivity index (χ2n) is 5.38. The fourth-order valence-corrected chi connectivity index (χ4v) is 3.32. The highest BCUT2D eigenvalue weighted by Crippen LogP contribution is 2.26. The van der Waals surface area contributed by atoms with E-state index in [1.165, 1.54) is 23.9 Å². The van der Waals surface area contributed by atoms with Crippen LogP contribution in [0.15, 0.2) is 66.0 Å². The Hall–Kier alpha value is -2.60. The third kappa shape index (κ3) is 4.28. The third-order valence-corrected chi connectivity index (χ3v) is 4.66. The molecule has 0 radical (unpaired) electrons. The maximum absolute atomic E-state index is 12.9. The molecular formula is C19H18FN3OS. The van der Waals surface area contributed by atoms with Gasteiger partial charge in [-0.25, -0.2) is 9.37 Å². The first-order valence-corrected chi connectivity index (χ1v) is 8.95. The number of nitrogens with zero attached hydrogens (tertiary/aromatic N) is 2. The number of imidazole rings is 1. The molecule has 3 aromatic rings. The van der Waals surface area contributed by atoms with Gasteiger partial charge in [-0.05, 0) is 36.8 Å². The number of nitrogens with one attached hydrogen (secondary N) is 1. The van der Waals surface area contributed by atoms with E-state index in [-0.39, 0.29) is 17.5 Å². The van der Waals surface area contributed by atoms with Gasteiger partial charge >= 0.3 is 0 Å². The molecule has 2 aromatic carbocycles. The summed E-state index contributed by atoms with van der Waals surface area (Å²) in [5.41, 5.74) is 2.71. The average molecular weight is 355 g/mol. The number of anilines is 1. The van der Waals surface area contributed by atoms with Crippen molar-refractivity contribution in [2.45, 2.75) is 18.6 Å². The zero-order valence-electron chi connectivity index (χ0n) is 13.8. The highest BCUT2D eigenvalue weighted by atomic mass is 32.2. The van der Waals surface area contributed by atoms with Gasteiger partial charge in [0.1, 0.15) is 5.82 Å². The molecule has 0 aliphatic heterocycles. The highest BCUT2D eigenvalue weighted by molar-refractivity contribution is 7.99. The van der Waals surface area contributed by atoms with Gasteiger partial charge in [-0.1, -0.05) is 42.1 Å². The Morgan fingerprint density at radius 1 is 1.16 bits per heavy atom. The SMILES string of the molecule is CCn1c(-c2ccccc2)cnc1SCC(=O)Nc1ccc(F)cc1. The van der Waals surface area contributed by atoms with Crippen molar-refractivity contribution in [2.24, 2.45) is 0 Å². The summed E-state index contributed by atoms with van der Waals surface area (Å²) >= 11 is 1.38. The van der Waals surface area contributed by atoms with Crippen LogP contribution in [0, 0.1) is 5.82 Å². The molecule has 1 N–H and O–H groups in total. The lowest BCUT2D eigenvalue weighted by Crippen LogP contribution is -2.14. The van der Waals surface area contributed by atoms with Gasteiger partial charge in [-0.2, -0.15) is 0 Å². The molecular weight excluding hydrogens is 337 g/mol. The normalized spacial score (nSPS) is 10.6. The number of thioether (sulfide) groups is 1. The predicted octanol–water partition coefficient (Wildman–Crippen LogP) is 4.44. The van der Waals surface area contributed by atoms with Gasteiger partial charge in [0, 0.05) is 12.2 Å². The first-order valence-electron chi connectivity index (χ1n) is 7.96. The van der Waals surface area contributed by atoms with Gasteiger partial charge in [0.05, 0.1) is 17.6 Å². The van der Waals surface area contributed by atoms with Gasteiger partial charge in [0.2, 0.25) is 5.91 Å². The molecule has 128 valence electrons. The summed E-state index contributed by atoms with van der Waals surface area (Å²) in [5, 5.41) is 3.55. The van der Waals surface area contributed by atoms with E-state index >= 15 is 0 Å². The smallest absolute Gasteiger partial charge is 0.234 e. The Morgan fingerprint density at radius 2 is 1.88 bits per heavy atom. The van der Waals surface area contributed by atoms with E-state index in [1.54, 1.807) is 12.1 Å². The number of benzene rings is 2. The Balaban J connectivity index is 1.66.